The van der Waals surface area contributed by atoms with E-state index in [0.717, 1.165) is 22.0 Å². The van der Waals surface area contributed by atoms with Crippen LogP contribution in [0.4, 0.5) is 11.6 Å². The number of nitrogens with one attached hydrogen (secondary N) is 3. The quantitative estimate of drug-likeness (QED) is 0.211. The third-order valence-corrected chi connectivity index (χ3v) is 7.53. The lowest BCUT2D eigenvalue weighted by Crippen LogP contribution is -2.35. The molecular formula is C30H32N6O5. The van der Waals surface area contributed by atoms with E-state index in [0.29, 0.717) is 71.6 Å². The molecule has 3 heterocycles. The van der Waals surface area contributed by atoms with Crippen LogP contribution >= 0.6 is 0 Å². The van der Waals surface area contributed by atoms with Crippen LogP contribution in [0, 0.1) is 6.92 Å². The van der Waals surface area contributed by atoms with Gasteiger partial charge in [-0.1, -0.05) is 6.07 Å². The number of anilines is 2. The van der Waals surface area contributed by atoms with Gasteiger partial charge in [0, 0.05) is 31.3 Å². The second kappa shape index (κ2) is 10.4. The number of aliphatic hydroxyl groups is 1. The van der Waals surface area contributed by atoms with Gasteiger partial charge in [0.1, 0.15) is 23.0 Å². The molecule has 11 heteroatoms. The van der Waals surface area contributed by atoms with E-state index in [4.69, 9.17) is 23.9 Å². The molecular weight excluding hydrogens is 524 g/mol. The zero-order valence-corrected chi connectivity index (χ0v) is 23.4. The number of benzene rings is 2. The number of fused-ring (bicyclic) bond motifs is 2. The number of methoxy groups -OCH3 is 1. The first-order chi connectivity index (χ1) is 19.7. The van der Waals surface area contributed by atoms with Crippen molar-refractivity contribution < 1.29 is 23.8 Å². The van der Waals surface area contributed by atoms with Crippen molar-refractivity contribution in [2.45, 2.75) is 51.2 Å². The van der Waals surface area contributed by atoms with E-state index in [1.165, 1.54) is 7.11 Å². The second-order valence-electron chi connectivity index (χ2n) is 10.6. The van der Waals surface area contributed by atoms with Crippen molar-refractivity contribution in [3.8, 4) is 22.8 Å². The van der Waals surface area contributed by atoms with Crippen molar-refractivity contribution in [1.29, 1.82) is 0 Å². The Bertz CT molecular complexity index is 1750. The standard InChI is InChI=1S/C30H32N6O5/c1-16-33-22-7-5-17(13-24(22)40-16)20-15-32-26-25(20)28(41-19-9-11-30(2,38)12-10-19)36-29(35-26)34-21-8-6-18(27(37)31-3)14-23(21)39-4/h5-8,13-15,19,38H,9-12H2,1-4H3,(H,31,37)(H2,32,34,35,36). The molecule has 0 spiro atoms. The number of carbonyl (C=O) groups is 1. The summed E-state index contributed by atoms with van der Waals surface area (Å²) in [6, 6.07) is 11.0. The van der Waals surface area contributed by atoms with Gasteiger partial charge in [-0.05, 0) is 68.5 Å². The van der Waals surface area contributed by atoms with Gasteiger partial charge in [-0.3, -0.25) is 4.79 Å². The number of ether oxygens (including phenoxy) is 2. The molecule has 1 amide bonds. The molecule has 0 bridgehead atoms. The Hall–Kier alpha value is -4.64. The Balaban J connectivity index is 1.41. The van der Waals surface area contributed by atoms with E-state index in [2.05, 4.69) is 20.6 Å². The Morgan fingerprint density at radius 2 is 1.95 bits per heavy atom. The van der Waals surface area contributed by atoms with Crippen molar-refractivity contribution in [2.75, 3.05) is 19.5 Å². The van der Waals surface area contributed by atoms with E-state index in [-0.39, 0.29) is 12.0 Å². The molecule has 1 saturated carbocycles. The molecule has 1 aliphatic carbocycles. The number of hydrogen-bond acceptors (Lipinski definition) is 9. The largest absolute Gasteiger partial charge is 0.495 e. The number of H-pyrrole nitrogens is 1. The summed E-state index contributed by atoms with van der Waals surface area (Å²) < 4.78 is 17.8. The summed E-state index contributed by atoms with van der Waals surface area (Å²) in [5, 5.41) is 17.0. The van der Waals surface area contributed by atoms with Gasteiger partial charge in [-0.15, -0.1) is 0 Å². The van der Waals surface area contributed by atoms with E-state index >= 15 is 0 Å². The number of nitrogens with zero attached hydrogens (tertiary/aromatic N) is 3. The zero-order chi connectivity index (χ0) is 28.7. The van der Waals surface area contributed by atoms with Gasteiger partial charge in [0.15, 0.2) is 11.5 Å². The van der Waals surface area contributed by atoms with Gasteiger partial charge in [0.25, 0.3) is 5.91 Å². The number of oxazole rings is 1. The predicted octanol–water partition coefficient (Wildman–Crippen LogP) is 5.26. The van der Waals surface area contributed by atoms with Crippen LogP contribution in [0.5, 0.6) is 11.6 Å². The van der Waals surface area contributed by atoms with Crippen LogP contribution in [0.15, 0.2) is 47.0 Å². The number of amides is 1. The zero-order valence-electron chi connectivity index (χ0n) is 23.4. The molecule has 1 fully saturated rings. The summed E-state index contributed by atoms with van der Waals surface area (Å²) in [4.78, 5) is 29.3. The number of aryl methyl sites for hydroxylation is 1. The van der Waals surface area contributed by atoms with Crippen molar-refractivity contribution in [2.24, 2.45) is 0 Å². The topological polar surface area (TPSA) is 147 Å². The summed E-state index contributed by atoms with van der Waals surface area (Å²) in [7, 11) is 3.11. The molecule has 212 valence electrons. The van der Waals surface area contributed by atoms with Gasteiger partial charge >= 0.3 is 0 Å². The van der Waals surface area contributed by atoms with Crippen molar-refractivity contribution in [3.05, 3.63) is 54.0 Å². The van der Waals surface area contributed by atoms with Crippen molar-refractivity contribution >= 4 is 39.7 Å². The third kappa shape index (κ3) is 5.28. The number of hydrogen-bond donors (Lipinski definition) is 4. The lowest BCUT2D eigenvalue weighted by molar-refractivity contribution is -0.0114. The molecule has 11 nitrogen and oxygen atoms in total. The summed E-state index contributed by atoms with van der Waals surface area (Å²) in [5.41, 5.74) is 4.22. The van der Waals surface area contributed by atoms with Crippen molar-refractivity contribution in [3.63, 3.8) is 0 Å². The molecule has 3 aromatic heterocycles. The van der Waals surface area contributed by atoms with Crippen LogP contribution in [-0.4, -0.2) is 56.8 Å². The van der Waals surface area contributed by atoms with Gasteiger partial charge < -0.3 is 34.6 Å². The van der Waals surface area contributed by atoms with Gasteiger partial charge in [-0.2, -0.15) is 9.97 Å². The Kier molecular flexibility index (Phi) is 6.74. The molecule has 5 aromatic rings. The summed E-state index contributed by atoms with van der Waals surface area (Å²) in [5.74, 6) is 1.58. The fourth-order valence-corrected chi connectivity index (χ4v) is 5.27. The fraction of sp³-hybridized carbons (Fsp3) is 0.333. The first-order valence-electron chi connectivity index (χ1n) is 13.6. The van der Waals surface area contributed by atoms with Gasteiger partial charge in [-0.25, -0.2) is 4.98 Å². The highest BCUT2D eigenvalue weighted by atomic mass is 16.5. The Morgan fingerprint density at radius 1 is 1.15 bits per heavy atom. The highest BCUT2D eigenvalue weighted by molar-refractivity contribution is 5.99. The Morgan fingerprint density at radius 3 is 2.71 bits per heavy atom. The average molecular weight is 557 g/mol. The van der Waals surface area contributed by atoms with Crippen LogP contribution in [0.2, 0.25) is 0 Å². The van der Waals surface area contributed by atoms with E-state index in [1.807, 2.05) is 38.2 Å². The first-order valence-corrected chi connectivity index (χ1v) is 13.6. The van der Waals surface area contributed by atoms with E-state index in [9.17, 15) is 9.90 Å². The predicted molar refractivity (Wildman–Crippen MR) is 155 cm³/mol. The number of carbonyl (C=O) groups excluding carboxylic acids is 1. The maximum Gasteiger partial charge on any atom is 0.251 e. The van der Waals surface area contributed by atoms with Crippen LogP contribution < -0.4 is 20.1 Å². The van der Waals surface area contributed by atoms with Crippen LogP contribution in [-0.2, 0) is 0 Å². The summed E-state index contributed by atoms with van der Waals surface area (Å²) in [6.45, 7) is 3.69. The molecule has 1 aliphatic rings. The normalized spacial score (nSPS) is 18.9. The lowest BCUT2D eigenvalue weighted by atomic mass is 9.85. The summed E-state index contributed by atoms with van der Waals surface area (Å²) >= 11 is 0. The number of aromatic amines is 1. The average Bonchev–Trinajstić information content (AvgIpc) is 3.56. The third-order valence-electron chi connectivity index (χ3n) is 7.53. The number of aromatic nitrogens is 4. The van der Waals surface area contributed by atoms with Gasteiger partial charge in [0.2, 0.25) is 11.8 Å². The highest BCUT2D eigenvalue weighted by Crippen LogP contribution is 2.39. The van der Waals surface area contributed by atoms with Crippen LogP contribution in [0.3, 0.4) is 0 Å². The number of rotatable bonds is 7. The minimum absolute atomic E-state index is 0.107. The molecule has 0 unspecified atom stereocenters. The van der Waals surface area contributed by atoms with Crippen LogP contribution in [0.1, 0.15) is 48.9 Å². The first kappa shape index (κ1) is 26.6. The summed E-state index contributed by atoms with van der Waals surface area (Å²) in [6.07, 6.45) is 4.48. The molecule has 4 N–H and O–H groups in total. The molecule has 0 aliphatic heterocycles. The van der Waals surface area contributed by atoms with Crippen LogP contribution in [0.25, 0.3) is 33.3 Å². The monoisotopic (exact) mass is 556 g/mol. The SMILES string of the molecule is CNC(=O)c1ccc(Nc2nc(OC3CCC(C)(O)CC3)c3c(-c4ccc5nc(C)oc5c4)c[nH]c3n2)c(OC)c1. The second-order valence-corrected chi connectivity index (χ2v) is 10.6. The van der Waals surface area contributed by atoms with Gasteiger partial charge in [0.05, 0.1) is 23.8 Å². The fourth-order valence-electron chi connectivity index (χ4n) is 5.27. The minimum atomic E-state index is -0.686. The van der Waals surface area contributed by atoms with E-state index in [1.54, 1.807) is 25.2 Å². The molecule has 2 aromatic carbocycles. The maximum atomic E-state index is 12.1. The smallest absolute Gasteiger partial charge is 0.251 e. The molecule has 0 atom stereocenters. The van der Waals surface area contributed by atoms with E-state index < -0.39 is 5.60 Å². The maximum absolute atomic E-state index is 12.1. The molecule has 6 rings (SSSR count). The highest BCUT2D eigenvalue weighted by Gasteiger charge is 2.31. The molecule has 0 saturated heterocycles. The van der Waals surface area contributed by atoms with Crippen molar-refractivity contribution in [1.82, 2.24) is 25.3 Å². The molecule has 0 radical (unpaired) electrons. The minimum Gasteiger partial charge on any atom is -0.495 e. The lowest BCUT2D eigenvalue weighted by Gasteiger charge is -2.33. The molecule has 41 heavy (non-hydrogen) atoms. The Labute approximate surface area is 236 Å².